The lowest BCUT2D eigenvalue weighted by Gasteiger charge is -2.22. The van der Waals surface area contributed by atoms with Gasteiger partial charge in [-0.25, -0.2) is 5.06 Å². The number of hydrogen-bond donors (Lipinski definition) is 0. The minimum atomic E-state index is -0.0445. The molecule has 33 heavy (non-hydrogen) atoms. The second kappa shape index (κ2) is 11.3. The van der Waals surface area contributed by atoms with Crippen LogP contribution in [0.25, 0.3) is 0 Å². The SMILES string of the molecule is O=CN(CCCCCCN1C(=O)c2ccccc2Oc2ccccc21)OCc1ccccc1. The van der Waals surface area contributed by atoms with Crippen LogP contribution in [0.2, 0.25) is 0 Å². The lowest BCUT2D eigenvalue weighted by molar-refractivity contribution is -0.177. The quantitative estimate of drug-likeness (QED) is 0.220. The summed E-state index contributed by atoms with van der Waals surface area (Å²) in [6.07, 6.45) is 4.31. The third-order valence-corrected chi connectivity index (χ3v) is 5.61. The Labute approximate surface area is 194 Å². The van der Waals surface area contributed by atoms with Gasteiger partial charge in [-0.3, -0.25) is 14.4 Å². The summed E-state index contributed by atoms with van der Waals surface area (Å²) in [7, 11) is 0. The van der Waals surface area contributed by atoms with Crippen molar-refractivity contribution in [3.8, 4) is 11.5 Å². The van der Waals surface area contributed by atoms with Gasteiger partial charge in [0, 0.05) is 13.1 Å². The molecular weight excluding hydrogens is 416 g/mol. The van der Waals surface area contributed by atoms with E-state index in [0.29, 0.717) is 36.8 Å². The van der Waals surface area contributed by atoms with Gasteiger partial charge < -0.3 is 9.64 Å². The van der Waals surface area contributed by atoms with Crippen molar-refractivity contribution in [3.63, 3.8) is 0 Å². The molecule has 1 aliphatic heterocycles. The van der Waals surface area contributed by atoms with Gasteiger partial charge in [0.1, 0.15) is 12.4 Å². The van der Waals surface area contributed by atoms with Gasteiger partial charge in [0.2, 0.25) is 6.41 Å². The van der Waals surface area contributed by atoms with Crippen molar-refractivity contribution in [2.75, 3.05) is 18.0 Å². The maximum atomic E-state index is 13.2. The fourth-order valence-electron chi connectivity index (χ4n) is 3.86. The Hall–Kier alpha value is -3.64. The molecule has 4 rings (SSSR count). The molecule has 0 aliphatic carbocycles. The standard InChI is InChI=1S/C27H28N2O4/c30-21-28(32-20-22-12-4-3-5-13-22)18-10-1-2-11-19-29-24-15-7-9-17-26(24)33-25-16-8-6-14-23(25)27(29)31/h3-9,12-17,21H,1-2,10-11,18-20H2. The molecule has 0 radical (unpaired) electrons. The van der Waals surface area contributed by atoms with Crippen LogP contribution in [-0.4, -0.2) is 30.5 Å². The molecule has 0 atom stereocenters. The fraction of sp³-hybridized carbons (Fsp3) is 0.259. The highest BCUT2D eigenvalue weighted by molar-refractivity contribution is 6.09. The number of unbranched alkanes of at least 4 members (excludes halogenated alkanes) is 3. The lowest BCUT2D eigenvalue weighted by Crippen LogP contribution is -2.31. The van der Waals surface area contributed by atoms with Crippen molar-refractivity contribution in [1.82, 2.24) is 5.06 Å². The van der Waals surface area contributed by atoms with Crippen LogP contribution in [0.3, 0.4) is 0 Å². The number of rotatable bonds is 11. The highest BCUT2D eigenvalue weighted by Gasteiger charge is 2.27. The molecule has 3 aromatic rings. The normalized spacial score (nSPS) is 12.4. The highest BCUT2D eigenvalue weighted by atomic mass is 16.7. The fourth-order valence-corrected chi connectivity index (χ4v) is 3.86. The molecule has 3 aromatic carbocycles. The molecule has 0 aromatic heterocycles. The molecule has 0 fully saturated rings. The summed E-state index contributed by atoms with van der Waals surface area (Å²) in [5.74, 6) is 1.23. The van der Waals surface area contributed by atoms with Crippen LogP contribution in [0.4, 0.5) is 5.69 Å². The van der Waals surface area contributed by atoms with Crippen molar-refractivity contribution in [2.45, 2.75) is 32.3 Å². The van der Waals surface area contributed by atoms with Crippen LogP contribution >= 0.6 is 0 Å². The van der Waals surface area contributed by atoms with Gasteiger partial charge in [0.25, 0.3) is 5.91 Å². The number of carbonyl (C=O) groups excluding carboxylic acids is 2. The second-order valence-corrected chi connectivity index (χ2v) is 7.94. The number of nitrogens with zero attached hydrogens (tertiary/aromatic N) is 2. The predicted molar refractivity (Wildman–Crippen MR) is 127 cm³/mol. The Morgan fingerprint density at radius 3 is 2.33 bits per heavy atom. The Morgan fingerprint density at radius 1 is 0.818 bits per heavy atom. The van der Waals surface area contributed by atoms with Crippen molar-refractivity contribution < 1.29 is 19.2 Å². The van der Waals surface area contributed by atoms with Crippen LogP contribution in [0.1, 0.15) is 41.6 Å². The third-order valence-electron chi connectivity index (χ3n) is 5.61. The largest absolute Gasteiger partial charge is 0.454 e. The third kappa shape index (κ3) is 5.79. The molecule has 0 spiro atoms. The average Bonchev–Trinajstić information content (AvgIpc) is 2.98. The maximum absolute atomic E-state index is 13.2. The molecule has 1 heterocycles. The van der Waals surface area contributed by atoms with E-state index in [-0.39, 0.29) is 5.91 Å². The van der Waals surface area contributed by atoms with E-state index in [1.807, 2.05) is 77.7 Å². The Morgan fingerprint density at radius 2 is 1.52 bits per heavy atom. The molecule has 0 saturated heterocycles. The summed E-state index contributed by atoms with van der Waals surface area (Å²) < 4.78 is 6.03. The zero-order valence-electron chi connectivity index (χ0n) is 18.6. The van der Waals surface area contributed by atoms with Crippen molar-refractivity contribution in [2.24, 2.45) is 0 Å². The summed E-state index contributed by atoms with van der Waals surface area (Å²) in [5, 5.41) is 1.36. The van der Waals surface area contributed by atoms with E-state index >= 15 is 0 Å². The van der Waals surface area contributed by atoms with Gasteiger partial charge in [-0.05, 0) is 42.7 Å². The van der Waals surface area contributed by atoms with Gasteiger partial charge in [0.15, 0.2) is 5.75 Å². The van der Waals surface area contributed by atoms with Crippen LogP contribution in [0.15, 0.2) is 78.9 Å². The van der Waals surface area contributed by atoms with Crippen LogP contribution in [0.5, 0.6) is 11.5 Å². The number of ether oxygens (including phenoxy) is 1. The number of para-hydroxylation sites is 3. The van der Waals surface area contributed by atoms with E-state index < -0.39 is 0 Å². The van der Waals surface area contributed by atoms with E-state index in [1.165, 1.54) is 5.06 Å². The van der Waals surface area contributed by atoms with Crippen molar-refractivity contribution >= 4 is 18.0 Å². The Bertz CT molecular complexity index is 1070. The minimum Gasteiger partial charge on any atom is -0.454 e. The van der Waals surface area contributed by atoms with E-state index in [4.69, 9.17) is 9.57 Å². The van der Waals surface area contributed by atoms with Crippen LogP contribution in [0, 0.1) is 0 Å². The number of hydroxylamine groups is 2. The summed E-state index contributed by atoms with van der Waals surface area (Å²) >= 11 is 0. The Kier molecular flexibility index (Phi) is 7.72. The minimum absolute atomic E-state index is 0.0445. The molecule has 0 unspecified atom stereocenters. The van der Waals surface area contributed by atoms with Gasteiger partial charge >= 0.3 is 0 Å². The first-order chi connectivity index (χ1) is 16.3. The molecule has 0 bridgehead atoms. The van der Waals surface area contributed by atoms with Crippen molar-refractivity contribution in [3.05, 3.63) is 90.0 Å². The maximum Gasteiger partial charge on any atom is 0.262 e. The number of anilines is 1. The molecule has 6 nitrogen and oxygen atoms in total. The number of amides is 2. The molecule has 0 saturated carbocycles. The summed E-state index contributed by atoms with van der Waals surface area (Å²) in [6, 6.07) is 24.8. The van der Waals surface area contributed by atoms with Crippen LogP contribution in [-0.2, 0) is 16.2 Å². The second-order valence-electron chi connectivity index (χ2n) is 7.94. The number of hydrogen-bond acceptors (Lipinski definition) is 4. The lowest BCUT2D eigenvalue weighted by atomic mass is 10.1. The molecule has 0 N–H and O–H groups in total. The number of fused-ring (bicyclic) bond motifs is 2. The first-order valence-corrected chi connectivity index (χ1v) is 11.3. The van der Waals surface area contributed by atoms with Gasteiger partial charge in [-0.15, -0.1) is 0 Å². The van der Waals surface area contributed by atoms with Gasteiger partial charge in [-0.1, -0.05) is 67.4 Å². The smallest absolute Gasteiger partial charge is 0.262 e. The topological polar surface area (TPSA) is 59.1 Å². The van der Waals surface area contributed by atoms with Gasteiger partial charge in [-0.2, -0.15) is 0 Å². The first kappa shape index (κ1) is 22.6. The summed E-state index contributed by atoms with van der Waals surface area (Å²) in [5.41, 5.74) is 2.39. The molecule has 1 aliphatic rings. The number of benzene rings is 3. The first-order valence-electron chi connectivity index (χ1n) is 11.3. The highest BCUT2D eigenvalue weighted by Crippen LogP contribution is 2.38. The van der Waals surface area contributed by atoms with Crippen LogP contribution < -0.4 is 9.64 Å². The Balaban J connectivity index is 1.26. The monoisotopic (exact) mass is 444 g/mol. The average molecular weight is 445 g/mol. The zero-order valence-corrected chi connectivity index (χ0v) is 18.6. The van der Waals surface area contributed by atoms with Crippen molar-refractivity contribution in [1.29, 1.82) is 0 Å². The number of carbonyl (C=O) groups is 2. The summed E-state index contributed by atoms with van der Waals surface area (Å²) in [4.78, 5) is 31.9. The zero-order chi connectivity index (χ0) is 22.9. The predicted octanol–water partition coefficient (Wildman–Crippen LogP) is 5.59. The van der Waals surface area contributed by atoms with E-state index in [9.17, 15) is 9.59 Å². The molecule has 170 valence electrons. The molecule has 6 heteroatoms. The molecule has 2 amide bonds. The van der Waals surface area contributed by atoms with E-state index in [2.05, 4.69) is 0 Å². The molecular formula is C27H28N2O4. The van der Waals surface area contributed by atoms with Gasteiger partial charge in [0.05, 0.1) is 11.3 Å². The summed E-state index contributed by atoms with van der Waals surface area (Å²) in [6.45, 7) is 1.53. The van der Waals surface area contributed by atoms with E-state index in [1.54, 1.807) is 6.07 Å². The van der Waals surface area contributed by atoms with E-state index in [0.717, 1.165) is 43.3 Å².